The second-order valence-corrected chi connectivity index (χ2v) is 6.23. The van der Waals surface area contributed by atoms with E-state index in [1.165, 1.54) is 12.1 Å². The number of alkyl halides is 3. The minimum atomic E-state index is -4.34. The van der Waals surface area contributed by atoms with Crippen molar-refractivity contribution in [1.29, 1.82) is 0 Å². The Morgan fingerprint density at radius 3 is 2.36 bits per heavy atom. The van der Waals surface area contributed by atoms with Crippen LogP contribution >= 0.6 is 0 Å². The number of para-hydroxylation sites is 2. The zero-order valence-corrected chi connectivity index (χ0v) is 13.3. The van der Waals surface area contributed by atoms with Crippen molar-refractivity contribution in [3.63, 3.8) is 0 Å². The van der Waals surface area contributed by atoms with Gasteiger partial charge in [0, 0.05) is 18.8 Å². The first-order chi connectivity index (χ1) is 11.9. The van der Waals surface area contributed by atoms with E-state index in [9.17, 15) is 18.0 Å². The largest absolute Gasteiger partial charge is 0.416 e. The van der Waals surface area contributed by atoms with Crippen molar-refractivity contribution in [3.8, 4) is 0 Å². The highest BCUT2D eigenvalue weighted by atomic mass is 19.4. The van der Waals surface area contributed by atoms with E-state index in [1.54, 1.807) is 0 Å². The van der Waals surface area contributed by atoms with Gasteiger partial charge in [-0.05, 0) is 36.4 Å². The molecule has 0 radical (unpaired) electrons. The van der Waals surface area contributed by atoms with Gasteiger partial charge in [0.25, 0.3) is 0 Å². The van der Waals surface area contributed by atoms with Crippen LogP contribution in [0.1, 0.15) is 5.56 Å². The number of hydrogen-bond donors (Lipinski definition) is 1. The summed E-state index contributed by atoms with van der Waals surface area (Å²) in [5, 5.41) is 2.86. The molecule has 2 aromatic carbocycles. The molecule has 1 saturated heterocycles. The molecule has 1 fully saturated rings. The molecule has 2 heterocycles. The molecule has 130 valence electrons. The lowest BCUT2D eigenvalue weighted by atomic mass is 10.0. The number of hydrogen-bond acceptors (Lipinski definition) is 3. The molecule has 4 nitrogen and oxygen atoms in total. The second-order valence-electron chi connectivity index (χ2n) is 6.23. The lowest BCUT2D eigenvalue weighted by Gasteiger charge is -2.46. The van der Waals surface area contributed by atoms with Crippen LogP contribution in [0.3, 0.4) is 0 Å². The topological polar surface area (TPSA) is 35.6 Å². The van der Waals surface area contributed by atoms with Gasteiger partial charge >= 0.3 is 6.18 Å². The first-order valence-corrected chi connectivity index (χ1v) is 8.00. The second kappa shape index (κ2) is 5.68. The zero-order chi connectivity index (χ0) is 17.6. The van der Waals surface area contributed by atoms with Crippen LogP contribution in [-0.4, -0.2) is 31.6 Å². The van der Waals surface area contributed by atoms with E-state index in [0.717, 1.165) is 23.5 Å². The van der Waals surface area contributed by atoms with Crippen molar-refractivity contribution in [2.75, 3.05) is 29.4 Å². The summed E-state index contributed by atoms with van der Waals surface area (Å²) in [7, 11) is 0. The average molecular weight is 347 g/mol. The first-order valence-electron chi connectivity index (χ1n) is 8.00. The van der Waals surface area contributed by atoms with E-state index in [-0.39, 0.29) is 11.9 Å². The number of piperazine rings is 1. The highest BCUT2D eigenvalue weighted by Crippen LogP contribution is 2.40. The number of halogens is 3. The van der Waals surface area contributed by atoms with Crippen LogP contribution in [0, 0.1) is 0 Å². The number of carbonyl (C=O) groups excluding carboxylic acids is 1. The Balaban J connectivity index is 1.72. The van der Waals surface area contributed by atoms with E-state index in [1.807, 2.05) is 29.2 Å². The number of benzene rings is 2. The predicted molar refractivity (Wildman–Crippen MR) is 89.0 cm³/mol. The molecule has 2 aliphatic rings. The van der Waals surface area contributed by atoms with Crippen LogP contribution in [0.5, 0.6) is 0 Å². The summed E-state index contributed by atoms with van der Waals surface area (Å²) >= 11 is 0. The van der Waals surface area contributed by atoms with E-state index < -0.39 is 11.7 Å². The van der Waals surface area contributed by atoms with E-state index in [4.69, 9.17) is 0 Å². The predicted octanol–water partition coefficient (Wildman–Crippen LogP) is 3.16. The Kier molecular flexibility index (Phi) is 3.59. The Morgan fingerprint density at radius 1 is 1.00 bits per heavy atom. The number of rotatable bonds is 1. The third-order valence-electron chi connectivity index (χ3n) is 4.67. The summed E-state index contributed by atoms with van der Waals surface area (Å²) in [5.41, 5.74) is 1.87. The van der Waals surface area contributed by atoms with Crippen molar-refractivity contribution in [3.05, 3.63) is 54.1 Å². The van der Waals surface area contributed by atoms with Gasteiger partial charge < -0.3 is 15.1 Å². The Bertz CT molecular complexity index is 804. The number of nitrogens with zero attached hydrogens (tertiary/aromatic N) is 2. The van der Waals surface area contributed by atoms with Crippen LogP contribution in [-0.2, 0) is 11.0 Å². The van der Waals surface area contributed by atoms with Crippen molar-refractivity contribution < 1.29 is 18.0 Å². The summed E-state index contributed by atoms with van der Waals surface area (Å²) in [5.74, 6) is -0.0194. The van der Waals surface area contributed by atoms with E-state index >= 15 is 0 Å². The quantitative estimate of drug-likeness (QED) is 0.861. The summed E-state index contributed by atoms with van der Waals surface area (Å²) < 4.78 is 38.4. The molecule has 0 spiro atoms. The molecule has 2 aromatic rings. The zero-order valence-electron chi connectivity index (χ0n) is 13.3. The molecule has 7 heteroatoms. The molecule has 0 bridgehead atoms. The number of fused-ring (bicyclic) bond motifs is 3. The molecule has 0 saturated carbocycles. The van der Waals surface area contributed by atoms with Gasteiger partial charge in [-0.15, -0.1) is 0 Å². The van der Waals surface area contributed by atoms with Crippen LogP contribution < -0.4 is 15.1 Å². The van der Waals surface area contributed by atoms with Crippen molar-refractivity contribution >= 4 is 23.0 Å². The molecule has 1 unspecified atom stereocenters. The van der Waals surface area contributed by atoms with Crippen molar-refractivity contribution in [2.24, 2.45) is 0 Å². The van der Waals surface area contributed by atoms with Crippen LogP contribution in [0.4, 0.5) is 30.2 Å². The van der Waals surface area contributed by atoms with Crippen LogP contribution in [0.25, 0.3) is 0 Å². The molecular weight excluding hydrogens is 331 g/mol. The lowest BCUT2D eigenvalue weighted by molar-refractivity contribution is -0.137. The normalized spacial score (nSPS) is 20.0. The fraction of sp³-hybridized carbons (Fsp3) is 0.278. The van der Waals surface area contributed by atoms with Crippen molar-refractivity contribution in [1.82, 2.24) is 5.32 Å². The van der Waals surface area contributed by atoms with Crippen LogP contribution in [0.2, 0.25) is 0 Å². The maximum absolute atomic E-state index is 12.8. The smallest absolute Gasteiger partial charge is 0.354 e. The molecule has 1 atom stereocenters. The number of anilines is 3. The summed E-state index contributed by atoms with van der Waals surface area (Å²) in [6.45, 7) is 1.41. The number of amides is 1. The molecular formula is C18H16F3N3O. The SMILES string of the molecule is O=C1CN2c3ccccc3N(c3ccc(C(F)(F)F)cc3)CC2CN1. The highest BCUT2D eigenvalue weighted by Gasteiger charge is 2.36. The number of carbonyl (C=O) groups is 1. The maximum Gasteiger partial charge on any atom is 0.416 e. The molecule has 0 aliphatic carbocycles. The lowest BCUT2D eigenvalue weighted by Crippen LogP contribution is -2.60. The minimum absolute atomic E-state index is 0.0194. The standard InChI is InChI=1S/C18H16F3N3O/c19-18(20,21)12-5-7-13(8-6-12)23-10-14-9-22-17(25)11-24(14)16-4-2-1-3-15(16)23/h1-8,14H,9-11H2,(H,22,25). The first kappa shape index (κ1) is 15.8. The summed E-state index contributed by atoms with van der Waals surface area (Å²) in [4.78, 5) is 15.8. The number of nitrogens with one attached hydrogen (secondary N) is 1. The molecule has 1 N–H and O–H groups in total. The van der Waals surface area contributed by atoms with E-state index in [2.05, 4.69) is 10.2 Å². The van der Waals surface area contributed by atoms with Gasteiger partial charge in [-0.1, -0.05) is 12.1 Å². The maximum atomic E-state index is 12.8. The van der Waals surface area contributed by atoms with Crippen molar-refractivity contribution in [2.45, 2.75) is 12.2 Å². The Hall–Kier alpha value is -2.70. The van der Waals surface area contributed by atoms with Gasteiger partial charge in [-0.25, -0.2) is 0 Å². The molecule has 1 amide bonds. The molecule has 4 rings (SSSR count). The average Bonchev–Trinajstić information content (AvgIpc) is 2.60. The fourth-order valence-corrected chi connectivity index (χ4v) is 3.45. The summed E-state index contributed by atoms with van der Waals surface area (Å²) in [6.07, 6.45) is -4.34. The minimum Gasteiger partial charge on any atom is -0.354 e. The third-order valence-corrected chi connectivity index (χ3v) is 4.67. The highest BCUT2D eigenvalue weighted by molar-refractivity contribution is 5.88. The van der Waals surface area contributed by atoms with Gasteiger partial charge in [-0.3, -0.25) is 4.79 Å². The Morgan fingerprint density at radius 2 is 1.68 bits per heavy atom. The van der Waals surface area contributed by atoms with Gasteiger partial charge in [-0.2, -0.15) is 13.2 Å². The molecule has 2 aliphatic heterocycles. The molecule has 0 aromatic heterocycles. The summed E-state index contributed by atoms with van der Waals surface area (Å²) in [6, 6.07) is 12.9. The fourth-order valence-electron chi connectivity index (χ4n) is 3.45. The van der Waals surface area contributed by atoms with Gasteiger partial charge in [0.05, 0.1) is 29.5 Å². The van der Waals surface area contributed by atoms with Gasteiger partial charge in [0.1, 0.15) is 0 Å². The monoisotopic (exact) mass is 347 g/mol. The van der Waals surface area contributed by atoms with Gasteiger partial charge in [0.15, 0.2) is 0 Å². The van der Waals surface area contributed by atoms with Crippen LogP contribution in [0.15, 0.2) is 48.5 Å². The Labute approximate surface area is 142 Å². The van der Waals surface area contributed by atoms with E-state index in [0.29, 0.717) is 25.3 Å². The molecule has 25 heavy (non-hydrogen) atoms. The van der Waals surface area contributed by atoms with Gasteiger partial charge in [0.2, 0.25) is 5.91 Å². The third kappa shape index (κ3) is 2.79.